The van der Waals surface area contributed by atoms with Gasteiger partial charge in [-0.1, -0.05) is 0 Å². The van der Waals surface area contributed by atoms with Gasteiger partial charge in [-0.25, -0.2) is 4.79 Å². The molecule has 0 aliphatic rings. The first-order chi connectivity index (χ1) is 14.5. The number of guanidine groups is 1. The van der Waals surface area contributed by atoms with E-state index in [0.29, 0.717) is 25.8 Å². The molecule has 0 aliphatic carbocycles. The van der Waals surface area contributed by atoms with E-state index in [1.165, 1.54) is 13.8 Å². The summed E-state index contributed by atoms with van der Waals surface area (Å²) in [6.07, 6.45) is 1.98. The Labute approximate surface area is 181 Å². The minimum Gasteiger partial charge on any atom is -0.480 e. The van der Waals surface area contributed by atoms with Gasteiger partial charge in [-0.2, -0.15) is 0 Å². The van der Waals surface area contributed by atoms with Crippen molar-refractivity contribution in [1.29, 1.82) is 0 Å². The monoisotopic (exact) mass is 444 g/mol. The Kier molecular flexibility index (Phi) is 13.5. The molecule has 0 saturated heterocycles. The number of hydrogen-bond acceptors (Lipinski definition) is 7. The lowest BCUT2D eigenvalue weighted by molar-refractivity contribution is -0.142. The molecular weight excluding hydrogens is 408 g/mol. The Morgan fingerprint density at radius 3 is 1.97 bits per heavy atom. The maximum atomic E-state index is 12.6. The highest BCUT2D eigenvalue weighted by Crippen LogP contribution is 2.03. The summed E-state index contributed by atoms with van der Waals surface area (Å²) >= 11 is 0. The highest BCUT2D eigenvalue weighted by atomic mass is 16.4. The van der Waals surface area contributed by atoms with Gasteiger partial charge in [0.1, 0.15) is 18.1 Å². The molecule has 0 aromatic heterocycles. The van der Waals surface area contributed by atoms with Crippen LogP contribution in [-0.4, -0.2) is 72.0 Å². The average molecular weight is 445 g/mol. The van der Waals surface area contributed by atoms with Crippen molar-refractivity contribution in [3.05, 3.63) is 0 Å². The molecule has 0 bridgehead atoms. The Hall–Kier alpha value is -2.93. The largest absolute Gasteiger partial charge is 0.480 e. The summed E-state index contributed by atoms with van der Waals surface area (Å²) in [5.74, 6) is -3.08. The lowest BCUT2D eigenvalue weighted by Gasteiger charge is -2.23. The summed E-state index contributed by atoms with van der Waals surface area (Å²) < 4.78 is 0. The molecule has 3 amide bonds. The van der Waals surface area contributed by atoms with Crippen molar-refractivity contribution >= 4 is 29.7 Å². The number of carboxylic acids is 1. The van der Waals surface area contributed by atoms with E-state index in [-0.39, 0.29) is 25.3 Å². The predicted octanol–water partition coefficient (Wildman–Crippen LogP) is -2.92. The molecule has 4 atom stereocenters. The topological polar surface area (TPSA) is 241 Å². The number of nitrogens with one attached hydrogen (secondary N) is 3. The van der Waals surface area contributed by atoms with Crippen molar-refractivity contribution in [2.75, 3.05) is 13.1 Å². The molecule has 0 aliphatic heterocycles. The summed E-state index contributed by atoms with van der Waals surface area (Å²) in [6.45, 7) is 3.55. The number of carboxylic acid groups (broad SMARTS) is 1. The zero-order valence-corrected chi connectivity index (χ0v) is 18.1. The van der Waals surface area contributed by atoms with Gasteiger partial charge in [0.25, 0.3) is 0 Å². The minimum atomic E-state index is -1.18. The van der Waals surface area contributed by atoms with Crippen LogP contribution in [0.3, 0.4) is 0 Å². The standard InChI is InChI=1S/C18H36N8O5/c1-10(20)14(27)25-12(7-5-9-23-18(21)22)16(29)24-11(2)15(28)26-13(17(30)31)6-3-4-8-19/h10-13H,3-9,19-20H2,1-2H3,(H,24,29)(H,25,27)(H,26,28)(H,30,31)(H4,21,22,23). The normalized spacial score (nSPS) is 14.5. The highest BCUT2D eigenvalue weighted by Gasteiger charge is 2.27. The number of aliphatic imine (C=N–C) groups is 1. The van der Waals surface area contributed by atoms with Gasteiger partial charge < -0.3 is 44.0 Å². The van der Waals surface area contributed by atoms with E-state index in [2.05, 4.69) is 20.9 Å². The summed E-state index contributed by atoms with van der Waals surface area (Å²) in [7, 11) is 0. The summed E-state index contributed by atoms with van der Waals surface area (Å²) in [6, 6.07) is -3.93. The second-order valence-corrected chi connectivity index (χ2v) is 7.21. The number of unbranched alkanes of at least 4 members (excludes halogenated alkanes) is 1. The van der Waals surface area contributed by atoms with Gasteiger partial charge in [0.15, 0.2) is 5.96 Å². The number of nitrogens with zero attached hydrogens (tertiary/aromatic N) is 1. The number of hydrogen-bond donors (Lipinski definition) is 8. The lowest BCUT2D eigenvalue weighted by Crippen LogP contribution is -2.56. The maximum Gasteiger partial charge on any atom is 0.326 e. The molecule has 0 rings (SSSR count). The summed E-state index contributed by atoms with van der Waals surface area (Å²) in [4.78, 5) is 52.0. The van der Waals surface area contributed by atoms with E-state index in [1.807, 2.05) is 0 Å². The molecule has 13 nitrogen and oxygen atoms in total. The van der Waals surface area contributed by atoms with E-state index in [0.717, 1.165) is 0 Å². The van der Waals surface area contributed by atoms with Gasteiger partial charge in [-0.15, -0.1) is 0 Å². The quantitative estimate of drug-likeness (QED) is 0.0731. The molecular formula is C18H36N8O5. The second kappa shape index (κ2) is 15.0. The third-order valence-electron chi connectivity index (χ3n) is 4.31. The van der Waals surface area contributed by atoms with Crippen molar-refractivity contribution in [2.45, 2.75) is 70.1 Å². The number of aliphatic carboxylic acids is 1. The first kappa shape index (κ1) is 28.1. The van der Waals surface area contributed by atoms with E-state index in [1.54, 1.807) is 0 Å². The van der Waals surface area contributed by atoms with Crippen LogP contribution in [-0.2, 0) is 19.2 Å². The van der Waals surface area contributed by atoms with Crippen LogP contribution in [0.25, 0.3) is 0 Å². The Morgan fingerprint density at radius 1 is 0.871 bits per heavy atom. The molecule has 13 heteroatoms. The van der Waals surface area contributed by atoms with Crippen LogP contribution in [0.1, 0.15) is 46.0 Å². The first-order valence-corrected chi connectivity index (χ1v) is 10.1. The van der Waals surface area contributed by atoms with E-state index in [9.17, 15) is 24.3 Å². The lowest BCUT2D eigenvalue weighted by atomic mass is 10.1. The van der Waals surface area contributed by atoms with Gasteiger partial charge in [0.05, 0.1) is 6.04 Å². The molecule has 178 valence electrons. The van der Waals surface area contributed by atoms with Gasteiger partial charge in [-0.05, 0) is 52.5 Å². The number of carbonyl (C=O) groups is 4. The number of carbonyl (C=O) groups excluding carboxylic acids is 3. The van der Waals surface area contributed by atoms with Gasteiger partial charge in [-0.3, -0.25) is 19.4 Å². The van der Waals surface area contributed by atoms with Gasteiger partial charge >= 0.3 is 5.97 Å². The molecule has 31 heavy (non-hydrogen) atoms. The van der Waals surface area contributed by atoms with E-state index < -0.39 is 47.9 Å². The van der Waals surface area contributed by atoms with Crippen molar-refractivity contribution in [3.8, 4) is 0 Å². The smallest absolute Gasteiger partial charge is 0.326 e. The van der Waals surface area contributed by atoms with Crippen molar-refractivity contribution in [2.24, 2.45) is 27.9 Å². The van der Waals surface area contributed by atoms with Crippen LogP contribution in [0.2, 0.25) is 0 Å². The van der Waals surface area contributed by atoms with Crippen LogP contribution in [0.15, 0.2) is 4.99 Å². The van der Waals surface area contributed by atoms with Crippen molar-refractivity contribution < 1.29 is 24.3 Å². The first-order valence-electron chi connectivity index (χ1n) is 10.1. The number of amides is 3. The molecule has 0 radical (unpaired) electrons. The molecule has 0 aromatic carbocycles. The molecule has 12 N–H and O–H groups in total. The molecule has 4 unspecified atom stereocenters. The van der Waals surface area contributed by atoms with E-state index >= 15 is 0 Å². The fourth-order valence-electron chi connectivity index (χ4n) is 2.50. The fourth-order valence-corrected chi connectivity index (χ4v) is 2.50. The van der Waals surface area contributed by atoms with Crippen LogP contribution < -0.4 is 38.9 Å². The van der Waals surface area contributed by atoms with Crippen LogP contribution in [0.4, 0.5) is 0 Å². The third kappa shape index (κ3) is 12.4. The van der Waals surface area contributed by atoms with Crippen molar-refractivity contribution in [3.63, 3.8) is 0 Å². The summed E-state index contributed by atoms with van der Waals surface area (Å²) in [5, 5.41) is 16.7. The van der Waals surface area contributed by atoms with Crippen LogP contribution in [0, 0.1) is 0 Å². The molecule has 0 saturated carbocycles. The zero-order valence-electron chi connectivity index (χ0n) is 18.1. The average Bonchev–Trinajstić information content (AvgIpc) is 2.68. The Balaban J connectivity index is 4.97. The zero-order chi connectivity index (χ0) is 24.0. The molecule has 0 spiro atoms. The maximum absolute atomic E-state index is 12.6. The molecule has 0 fully saturated rings. The SMILES string of the molecule is CC(N)C(=O)NC(CCCN=C(N)N)C(=O)NC(C)C(=O)NC(CCCCN)C(=O)O. The number of rotatable bonds is 15. The second-order valence-electron chi connectivity index (χ2n) is 7.21. The third-order valence-corrected chi connectivity index (χ3v) is 4.31. The minimum absolute atomic E-state index is 0.0923. The van der Waals surface area contributed by atoms with Gasteiger partial charge in [0.2, 0.25) is 17.7 Å². The highest BCUT2D eigenvalue weighted by molar-refractivity contribution is 5.93. The molecule has 0 heterocycles. The predicted molar refractivity (Wildman–Crippen MR) is 116 cm³/mol. The summed E-state index contributed by atoms with van der Waals surface area (Å²) in [5.41, 5.74) is 21.4. The van der Waals surface area contributed by atoms with Gasteiger partial charge in [0, 0.05) is 6.54 Å². The van der Waals surface area contributed by atoms with E-state index in [4.69, 9.17) is 22.9 Å². The Bertz CT molecular complexity index is 636. The number of nitrogens with two attached hydrogens (primary N) is 4. The van der Waals surface area contributed by atoms with Crippen LogP contribution >= 0.6 is 0 Å². The van der Waals surface area contributed by atoms with Crippen LogP contribution in [0.5, 0.6) is 0 Å². The molecule has 0 aromatic rings. The fraction of sp³-hybridized carbons (Fsp3) is 0.722. The Morgan fingerprint density at radius 2 is 1.45 bits per heavy atom. The van der Waals surface area contributed by atoms with Crippen molar-refractivity contribution in [1.82, 2.24) is 16.0 Å².